The molecule has 34 heavy (non-hydrogen) atoms. The normalized spacial score (nSPS) is 19.6. The van der Waals surface area contributed by atoms with Crippen molar-refractivity contribution in [1.82, 2.24) is 9.80 Å². The first-order valence-corrected chi connectivity index (χ1v) is 13.8. The van der Waals surface area contributed by atoms with Crippen LogP contribution in [0.25, 0.3) is 10.8 Å². The summed E-state index contributed by atoms with van der Waals surface area (Å²) in [5.74, 6) is 0.0351. The summed E-state index contributed by atoms with van der Waals surface area (Å²) in [6.07, 6.45) is 0. The van der Waals surface area contributed by atoms with Crippen molar-refractivity contribution in [2.24, 2.45) is 4.40 Å². The summed E-state index contributed by atoms with van der Waals surface area (Å²) in [6, 6.07) is 20.5. The molecule has 0 radical (unpaired) electrons. The summed E-state index contributed by atoms with van der Waals surface area (Å²) in [5.41, 5.74) is 2.88. The Hall–Kier alpha value is -2.88. The summed E-state index contributed by atoms with van der Waals surface area (Å²) < 4.78 is 27.6. The van der Waals surface area contributed by atoms with E-state index in [4.69, 9.17) is 0 Å². The molecule has 1 saturated heterocycles. The molecule has 9 heteroatoms. The predicted molar refractivity (Wildman–Crippen MR) is 136 cm³/mol. The number of carbonyl (C=O) groups is 1. The summed E-state index contributed by atoms with van der Waals surface area (Å²) in [5, 5.41) is 3.02. The van der Waals surface area contributed by atoms with Gasteiger partial charge in [-0.15, -0.1) is 4.40 Å². The van der Waals surface area contributed by atoms with Gasteiger partial charge in [-0.2, -0.15) is 0 Å². The minimum atomic E-state index is -3.39. The molecule has 0 atom stereocenters. The molecule has 1 fully saturated rings. The second kappa shape index (κ2) is 8.41. The van der Waals surface area contributed by atoms with Crippen molar-refractivity contribution in [3.63, 3.8) is 0 Å². The second-order valence-electron chi connectivity index (χ2n) is 8.80. The number of rotatable bonds is 3. The van der Waals surface area contributed by atoms with Crippen molar-refractivity contribution < 1.29 is 13.2 Å². The summed E-state index contributed by atoms with van der Waals surface area (Å²) >= 11 is 1.32. The van der Waals surface area contributed by atoms with E-state index >= 15 is 0 Å². The maximum Gasteiger partial charge on any atom is 0.257 e. The predicted octanol–water partition coefficient (Wildman–Crippen LogP) is 3.41. The molecule has 0 bridgehead atoms. The Balaban J connectivity index is 1.13. The van der Waals surface area contributed by atoms with Crippen LogP contribution in [0.2, 0.25) is 0 Å². The van der Waals surface area contributed by atoms with Gasteiger partial charge in [0.1, 0.15) is 0 Å². The van der Waals surface area contributed by atoms with Crippen LogP contribution in [0.3, 0.4) is 0 Å². The number of amides is 1. The first kappa shape index (κ1) is 21.6. The quantitative estimate of drug-likeness (QED) is 0.558. The van der Waals surface area contributed by atoms with Crippen LogP contribution >= 0.6 is 11.8 Å². The van der Waals surface area contributed by atoms with E-state index in [1.807, 2.05) is 28.0 Å². The summed E-state index contributed by atoms with van der Waals surface area (Å²) in [4.78, 5) is 20.3. The molecular weight excluding hydrogens is 468 g/mol. The Labute approximate surface area is 203 Å². The number of hydrogen-bond donors (Lipinski definition) is 0. The zero-order valence-electron chi connectivity index (χ0n) is 18.6. The van der Waals surface area contributed by atoms with E-state index in [-0.39, 0.29) is 11.7 Å². The Morgan fingerprint density at radius 1 is 0.941 bits per heavy atom. The van der Waals surface area contributed by atoms with E-state index in [2.05, 4.69) is 51.8 Å². The molecule has 6 rings (SSSR count). The highest BCUT2D eigenvalue weighted by Crippen LogP contribution is 2.42. The molecule has 3 heterocycles. The third-order valence-corrected chi connectivity index (χ3v) is 8.96. The molecular formula is C25H24N4O3S2. The number of hydrogen-bond acceptors (Lipinski definition) is 6. The number of benzene rings is 3. The first-order chi connectivity index (χ1) is 16.5. The van der Waals surface area contributed by atoms with Crippen molar-refractivity contribution >= 4 is 49.3 Å². The lowest BCUT2D eigenvalue weighted by Gasteiger charge is -2.35. The fraction of sp³-hybridized carbons (Fsp3) is 0.280. The lowest BCUT2D eigenvalue weighted by Crippen LogP contribution is -2.48. The van der Waals surface area contributed by atoms with Crippen LogP contribution in [0.4, 0.5) is 5.69 Å². The van der Waals surface area contributed by atoms with Gasteiger partial charge in [0, 0.05) is 49.7 Å². The molecule has 3 aromatic rings. The molecule has 0 aliphatic carbocycles. The van der Waals surface area contributed by atoms with Gasteiger partial charge in [-0.25, -0.2) is 8.42 Å². The SMILES string of the molecule is O=C(c1ccc2c(c1)SC1=NS(=O)(=O)CCN12)N1CCN(Cc2cccc3ccccc23)CC1. The van der Waals surface area contributed by atoms with E-state index < -0.39 is 10.0 Å². The number of amidine groups is 1. The van der Waals surface area contributed by atoms with Crippen molar-refractivity contribution in [3.05, 3.63) is 71.8 Å². The highest BCUT2D eigenvalue weighted by atomic mass is 32.2. The fourth-order valence-electron chi connectivity index (χ4n) is 4.83. The van der Waals surface area contributed by atoms with Gasteiger partial charge in [0.2, 0.25) is 0 Å². The molecule has 0 aromatic heterocycles. The van der Waals surface area contributed by atoms with Crippen LogP contribution in [0.5, 0.6) is 0 Å². The maximum atomic E-state index is 13.2. The van der Waals surface area contributed by atoms with E-state index in [9.17, 15) is 13.2 Å². The molecule has 0 N–H and O–H groups in total. The molecule has 0 unspecified atom stereocenters. The average Bonchev–Trinajstić information content (AvgIpc) is 3.20. The molecule has 0 saturated carbocycles. The van der Waals surface area contributed by atoms with Gasteiger partial charge in [-0.3, -0.25) is 9.69 Å². The van der Waals surface area contributed by atoms with Crippen molar-refractivity contribution in [1.29, 1.82) is 0 Å². The van der Waals surface area contributed by atoms with Gasteiger partial charge in [0.15, 0.2) is 5.17 Å². The number of thioether (sulfide) groups is 1. The van der Waals surface area contributed by atoms with Crippen molar-refractivity contribution in [2.75, 3.05) is 43.4 Å². The number of anilines is 1. The van der Waals surface area contributed by atoms with Crippen molar-refractivity contribution in [3.8, 4) is 0 Å². The van der Waals surface area contributed by atoms with Crippen LogP contribution in [0.15, 0.2) is 70.0 Å². The lowest BCUT2D eigenvalue weighted by molar-refractivity contribution is 0.0628. The molecule has 3 aromatic carbocycles. The van der Waals surface area contributed by atoms with Gasteiger partial charge in [-0.1, -0.05) is 42.5 Å². The Bertz CT molecular complexity index is 1420. The number of carbonyl (C=O) groups excluding carboxylic acids is 1. The molecule has 3 aliphatic rings. The largest absolute Gasteiger partial charge is 0.336 e. The first-order valence-electron chi connectivity index (χ1n) is 11.4. The van der Waals surface area contributed by atoms with Crippen LogP contribution in [0, 0.1) is 0 Å². The summed E-state index contributed by atoms with van der Waals surface area (Å²) in [6.45, 7) is 4.30. The molecule has 7 nitrogen and oxygen atoms in total. The van der Waals surface area contributed by atoms with Crippen LogP contribution in [-0.4, -0.2) is 67.8 Å². The number of nitrogens with zero attached hydrogens (tertiary/aromatic N) is 4. The third-order valence-electron chi connectivity index (χ3n) is 6.65. The van der Waals surface area contributed by atoms with Gasteiger partial charge in [0.25, 0.3) is 15.9 Å². The number of piperazine rings is 1. The zero-order chi connectivity index (χ0) is 23.3. The number of fused-ring (bicyclic) bond motifs is 4. The van der Waals surface area contributed by atoms with Crippen molar-refractivity contribution in [2.45, 2.75) is 11.4 Å². The van der Waals surface area contributed by atoms with E-state index in [0.29, 0.717) is 30.4 Å². The van der Waals surface area contributed by atoms with Crippen LogP contribution in [0.1, 0.15) is 15.9 Å². The van der Waals surface area contributed by atoms with Crippen LogP contribution < -0.4 is 4.90 Å². The maximum absolute atomic E-state index is 13.2. The third kappa shape index (κ3) is 3.97. The molecule has 3 aliphatic heterocycles. The standard InChI is InChI=1S/C25H24N4O3S2/c30-24(19-8-9-22-23(16-19)33-25-26-34(31,32)15-14-29(22)25)28-12-10-27(11-13-28)17-20-6-3-5-18-4-1-2-7-21(18)20/h1-9,16H,10-15,17H2. The Morgan fingerprint density at radius 2 is 1.74 bits per heavy atom. The van der Waals surface area contributed by atoms with E-state index in [0.717, 1.165) is 30.2 Å². The smallest absolute Gasteiger partial charge is 0.257 e. The topological polar surface area (TPSA) is 73.3 Å². The molecule has 0 spiro atoms. The molecule has 174 valence electrons. The highest BCUT2D eigenvalue weighted by Gasteiger charge is 2.34. The fourth-order valence-corrected chi connectivity index (χ4v) is 7.12. The average molecular weight is 493 g/mol. The van der Waals surface area contributed by atoms with Gasteiger partial charge in [0.05, 0.1) is 11.4 Å². The zero-order valence-corrected chi connectivity index (χ0v) is 20.2. The minimum Gasteiger partial charge on any atom is -0.336 e. The summed E-state index contributed by atoms with van der Waals surface area (Å²) in [7, 11) is -3.39. The molecule has 1 amide bonds. The minimum absolute atomic E-state index is 0.0141. The van der Waals surface area contributed by atoms with Gasteiger partial charge < -0.3 is 9.80 Å². The Morgan fingerprint density at radius 3 is 2.59 bits per heavy atom. The lowest BCUT2D eigenvalue weighted by atomic mass is 10.0. The highest BCUT2D eigenvalue weighted by molar-refractivity contribution is 8.15. The van der Waals surface area contributed by atoms with Gasteiger partial charge in [-0.05, 0) is 46.3 Å². The van der Waals surface area contributed by atoms with E-state index in [1.54, 1.807) is 0 Å². The van der Waals surface area contributed by atoms with Gasteiger partial charge >= 0.3 is 0 Å². The van der Waals surface area contributed by atoms with E-state index in [1.165, 1.54) is 28.1 Å². The monoisotopic (exact) mass is 492 g/mol. The second-order valence-corrected chi connectivity index (χ2v) is 11.6. The Kier molecular flexibility index (Phi) is 5.35. The number of sulfonamides is 1. The van der Waals surface area contributed by atoms with Crippen LogP contribution in [-0.2, 0) is 16.6 Å².